The zero-order valence-electron chi connectivity index (χ0n) is 18.4. The number of guanidine groups is 1. The van der Waals surface area contributed by atoms with E-state index in [1.165, 1.54) is 5.56 Å². The molecule has 1 aliphatic rings. The number of nitrogens with zero attached hydrogens (tertiary/aromatic N) is 5. The fraction of sp³-hybridized carbons (Fsp3) is 0.571. The lowest BCUT2D eigenvalue weighted by molar-refractivity contribution is 0.321. The summed E-state index contributed by atoms with van der Waals surface area (Å²) in [7, 11) is 5.17. The van der Waals surface area contributed by atoms with Crippen LogP contribution in [0.5, 0.6) is 11.5 Å². The minimum Gasteiger partial charge on any atom is -0.497 e. The number of aliphatic imine (C=N–C) groups is 1. The van der Waals surface area contributed by atoms with Gasteiger partial charge in [-0.05, 0) is 24.1 Å². The van der Waals surface area contributed by atoms with Crippen molar-refractivity contribution in [2.24, 2.45) is 4.99 Å². The molecule has 0 spiro atoms. The van der Waals surface area contributed by atoms with Crippen molar-refractivity contribution < 1.29 is 9.47 Å². The molecule has 0 amide bonds. The number of benzene rings is 1. The van der Waals surface area contributed by atoms with Gasteiger partial charge in [0.1, 0.15) is 23.7 Å². The van der Waals surface area contributed by atoms with Gasteiger partial charge in [-0.15, -0.1) is 10.2 Å². The number of likely N-dealkylation sites (tertiary alicyclic amines) is 1. The molecule has 9 heteroatoms. The van der Waals surface area contributed by atoms with Crippen LogP contribution < -0.4 is 20.1 Å². The van der Waals surface area contributed by atoms with E-state index in [1.807, 2.05) is 6.07 Å². The van der Waals surface area contributed by atoms with Crippen molar-refractivity contribution in [3.63, 3.8) is 0 Å². The van der Waals surface area contributed by atoms with Crippen LogP contribution in [0.25, 0.3) is 0 Å². The van der Waals surface area contributed by atoms with Gasteiger partial charge in [0.15, 0.2) is 5.96 Å². The first kappa shape index (κ1) is 21.9. The molecule has 3 rings (SSSR count). The molecule has 0 saturated carbocycles. The number of hydrogen-bond donors (Lipinski definition) is 2. The molecule has 164 valence electrons. The van der Waals surface area contributed by atoms with E-state index in [4.69, 9.17) is 9.47 Å². The molecule has 2 heterocycles. The van der Waals surface area contributed by atoms with E-state index in [0.717, 1.165) is 68.8 Å². The van der Waals surface area contributed by atoms with Gasteiger partial charge >= 0.3 is 0 Å². The number of ether oxygens (including phenoxy) is 2. The Balaban J connectivity index is 1.46. The highest BCUT2D eigenvalue weighted by Gasteiger charge is 2.23. The van der Waals surface area contributed by atoms with Gasteiger partial charge in [-0.1, -0.05) is 6.92 Å². The van der Waals surface area contributed by atoms with E-state index >= 15 is 0 Å². The van der Waals surface area contributed by atoms with Crippen LogP contribution in [0.2, 0.25) is 0 Å². The Labute approximate surface area is 178 Å². The summed E-state index contributed by atoms with van der Waals surface area (Å²) in [6, 6.07) is 6.40. The molecule has 1 fully saturated rings. The Hall–Kier alpha value is -2.81. The second-order valence-electron chi connectivity index (χ2n) is 7.38. The Bertz CT molecular complexity index is 814. The first-order chi connectivity index (χ1) is 14.6. The molecular weight excluding hydrogens is 382 g/mol. The van der Waals surface area contributed by atoms with E-state index in [1.54, 1.807) is 27.6 Å². The highest BCUT2D eigenvalue weighted by atomic mass is 16.5. The Morgan fingerprint density at radius 1 is 1.23 bits per heavy atom. The molecule has 1 unspecified atom stereocenters. The average Bonchev–Trinajstić information content (AvgIpc) is 3.41. The van der Waals surface area contributed by atoms with Gasteiger partial charge in [-0.2, -0.15) is 0 Å². The van der Waals surface area contributed by atoms with E-state index in [0.29, 0.717) is 6.04 Å². The third-order valence-corrected chi connectivity index (χ3v) is 5.31. The summed E-state index contributed by atoms with van der Waals surface area (Å²) in [6.07, 6.45) is 3.73. The van der Waals surface area contributed by atoms with Crippen molar-refractivity contribution >= 4 is 5.96 Å². The zero-order valence-corrected chi connectivity index (χ0v) is 18.4. The summed E-state index contributed by atoms with van der Waals surface area (Å²) in [5.74, 6) is 3.47. The molecular formula is C21H33N7O2. The van der Waals surface area contributed by atoms with Crippen LogP contribution in [-0.2, 0) is 19.5 Å². The molecule has 0 bridgehead atoms. The summed E-state index contributed by atoms with van der Waals surface area (Å²) in [5, 5.41) is 15.0. The maximum atomic E-state index is 5.38. The number of hydrogen-bond acceptors (Lipinski definition) is 6. The van der Waals surface area contributed by atoms with E-state index in [9.17, 15) is 0 Å². The molecule has 1 aliphatic heterocycles. The molecule has 1 aromatic heterocycles. The fourth-order valence-corrected chi connectivity index (χ4v) is 3.73. The Morgan fingerprint density at radius 3 is 2.67 bits per heavy atom. The molecule has 1 saturated heterocycles. The monoisotopic (exact) mass is 415 g/mol. The number of nitrogens with one attached hydrogen (secondary N) is 2. The third kappa shape index (κ3) is 5.85. The fourth-order valence-electron chi connectivity index (χ4n) is 3.73. The Morgan fingerprint density at radius 2 is 2.00 bits per heavy atom. The smallest absolute Gasteiger partial charge is 0.191 e. The van der Waals surface area contributed by atoms with Crippen molar-refractivity contribution in [2.75, 3.05) is 40.9 Å². The quantitative estimate of drug-likeness (QED) is 0.471. The van der Waals surface area contributed by atoms with Gasteiger partial charge in [0.2, 0.25) is 0 Å². The molecule has 2 N–H and O–H groups in total. The largest absolute Gasteiger partial charge is 0.497 e. The summed E-state index contributed by atoms with van der Waals surface area (Å²) in [5.41, 5.74) is 1.19. The van der Waals surface area contributed by atoms with Gasteiger partial charge in [-0.3, -0.25) is 9.89 Å². The normalized spacial score (nSPS) is 17.2. The number of aryl methyl sites for hydroxylation is 1. The van der Waals surface area contributed by atoms with Crippen LogP contribution >= 0.6 is 0 Å². The van der Waals surface area contributed by atoms with Crippen molar-refractivity contribution in [1.82, 2.24) is 30.3 Å². The Kier molecular flexibility index (Phi) is 7.89. The van der Waals surface area contributed by atoms with Crippen molar-refractivity contribution in [3.05, 3.63) is 35.9 Å². The second-order valence-corrected chi connectivity index (χ2v) is 7.38. The summed E-state index contributed by atoms with van der Waals surface area (Å²) in [4.78, 5) is 6.80. The minimum atomic E-state index is 0.366. The molecule has 2 aromatic rings. The molecule has 1 aromatic carbocycles. The van der Waals surface area contributed by atoms with Gasteiger partial charge in [-0.25, -0.2) is 0 Å². The first-order valence-electron chi connectivity index (χ1n) is 10.4. The summed E-state index contributed by atoms with van der Waals surface area (Å²) in [6.45, 7) is 6.53. The average molecular weight is 416 g/mol. The number of rotatable bonds is 9. The molecule has 9 nitrogen and oxygen atoms in total. The van der Waals surface area contributed by atoms with Crippen LogP contribution in [0.15, 0.2) is 29.5 Å². The SMILES string of the molecule is CCc1nncn1CCNC(=NC)NC1CCN(Cc2cc(OC)cc(OC)c2)C1. The van der Waals surface area contributed by atoms with Crippen LogP contribution in [0, 0.1) is 0 Å². The minimum absolute atomic E-state index is 0.366. The van der Waals surface area contributed by atoms with Gasteiger partial charge in [0, 0.05) is 58.3 Å². The van der Waals surface area contributed by atoms with Crippen LogP contribution in [0.1, 0.15) is 24.7 Å². The lowest BCUT2D eigenvalue weighted by Gasteiger charge is -2.19. The highest BCUT2D eigenvalue weighted by molar-refractivity contribution is 5.80. The maximum absolute atomic E-state index is 5.38. The van der Waals surface area contributed by atoms with E-state index < -0.39 is 0 Å². The van der Waals surface area contributed by atoms with Crippen molar-refractivity contribution in [1.29, 1.82) is 0 Å². The van der Waals surface area contributed by atoms with Crippen LogP contribution in [0.4, 0.5) is 0 Å². The predicted octanol–water partition coefficient (Wildman–Crippen LogP) is 1.30. The summed E-state index contributed by atoms with van der Waals surface area (Å²) >= 11 is 0. The molecule has 0 aliphatic carbocycles. The van der Waals surface area contributed by atoms with Gasteiger partial charge < -0.3 is 24.7 Å². The number of aromatic nitrogens is 3. The lowest BCUT2D eigenvalue weighted by atomic mass is 10.2. The summed E-state index contributed by atoms with van der Waals surface area (Å²) < 4.78 is 12.8. The van der Waals surface area contributed by atoms with Crippen molar-refractivity contribution in [3.8, 4) is 11.5 Å². The van der Waals surface area contributed by atoms with Gasteiger partial charge in [0.25, 0.3) is 0 Å². The molecule has 30 heavy (non-hydrogen) atoms. The van der Waals surface area contributed by atoms with Crippen LogP contribution in [-0.4, -0.2) is 72.6 Å². The molecule has 1 atom stereocenters. The lowest BCUT2D eigenvalue weighted by Crippen LogP contribution is -2.45. The van der Waals surface area contributed by atoms with Crippen LogP contribution in [0.3, 0.4) is 0 Å². The number of methoxy groups -OCH3 is 2. The standard InChI is InChI=1S/C21H33N7O2/c1-5-20-26-24-15-28(20)9-7-23-21(22-2)25-17-6-8-27(14-17)13-16-10-18(29-3)12-19(11-16)30-4/h10-12,15,17H,5-9,13-14H2,1-4H3,(H2,22,23,25). The topological polar surface area (TPSA) is 88.8 Å². The molecule has 0 radical (unpaired) electrons. The van der Waals surface area contributed by atoms with E-state index in [2.05, 4.69) is 54.3 Å². The van der Waals surface area contributed by atoms with Crippen molar-refractivity contribution in [2.45, 2.75) is 38.9 Å². The zero-order chi connectivity index (χ0) is 21.3. The second kappa shape index (κ2) is 10.8. The highest BCUT2D eigenvalue weighted by Crippen LogP contribution is 2.24. The van der Waals surface area contributed by atoms with Gasteiger partial charge in [0.05, 0.1) is 14.2 Å². The first-order valence-corrected chi connectivity index (χ1v) is 10.4. The third-order valence-electron chi connectivity index (χ3n) is 5.31. The van der Waals surface area contributed by atoms with E-state index in [-0.39, 0.29) is 0 Å². The predicted molar refractivity (Wildman–Crippen MR) is 117 cm³/mol. The maximum Gasteiger partial charge on any atom is 0.191 e.